The minimum absolute atomic E-state index is 0.490. The first-order valence-corrected chi connectivity index (χ1v) is 6.47. The molecular weight excluding hydrogens is 210 g/mol. The summed E-state index contributed by atoms with van der Waals surface area (Å²) in [5, 5.41) is 0. The molecule has 1 aromatic rings. The van der Waals surface area contributed by atoms with Gasteiger partial charge in [0.05, 0.1) is 13.2 Å². The SMILES string of the molecule is Cc1cc(C)c(C(CN)CC2COC2)c(C)c1. The maximum absolute atomic E-state index is 5.97. The van der Waals surface area contributed by atoms with Crippen LogP contribution in [0.5, 0.6) is 0 Å². The molecule has 0 spiro atoms. The molecule has 0 amide bonds. The first-order valence-electron chi connectivity index (χ1n) is 6.47. The highest BCUT2D eigenvalue weighted by atomic mass is 16.5. The maximum Gasteiger partial charge on any atom is 0.0516 e. The first-order chi connectivity index (χ1) is 8.11. The largest absolute Gasteiger partial charge is 0.381 e. The molecular formula is C15H23NO. The van der Waals surface area contributed by atoms with Crippen LogP contribution < -0.4 is 5.73 Å². The summed E-state index contributed by atoms with van der Waals surface area (Å²) in [6, 6.07) is 4.53. The van der Waals surface area contributed by atoms with Crippen LogP contribution in [0.2, 0.25) is 0 Å². The molecule has 1 atom stereocenters. The molecule has 2 rings (SSSR count). The lowest BCUT2D eigenvalue weighted by Crippen LogP contribution is -2.31. The van der Waals surface area contributed by atoms with E-state index in [0.717, 1.165) is 19.8 Å². The van der Waals surface area contributed by atoms with Crippen LogP contribution in [0.25, 0.3) is 0 Å². The van der Waals surface area contributed by atoms with Crippen molar-refractivity contribution in [2.75, 3.05) is 19.8 Å². The Bertz CT molecular complexity index is 373. The third-order valence-electron chi connectivity index (χ3n) is 3.76. The summed E-state index contributed by atoms with van der Waals surface area (Å²) in [6.45, 7) is 9.13. The van der Waals surface area contributed by atoms with Gasteiger partial charge in [0, 0.05) is 5.92 Å². The second-order valence-electron chi connectivity index (χ2n) is 5.38. The Kier molecular flexibility index (Phi) is 3.85. The molecule has 1 aliphatic heterocycles. The average molecular weight is 233 g/mol. The number of benzene rings is 1. The van der Waals surface area contributed by atoms with Crippen molar-refractivity contribution in [1.82, 2.24) is 0 Å². The second-order valence-corrected chi connectivity index (χ2v) is 5.38. The third kappa shape index (κ3) is 2.70. The summed E-state index contributed by atoms with van der Waals surface area (Å²) in [5.74, 6) is 1.20. The van der Waals surface area contributed by atoms with E-state index in [-0.39, 0.29) is 0 Å². The van der Waals surface area contributed by atoms with Gasteiger partial charge in [0.25, 0.3) is 0 Å². The molecule has 1 unspecified atom stereocenters. The van der Waals surface area contributed by atoms with Crippen molar-refractivity contribution in [3.63, 3.8) is 0 Å². The zero-order valence-corrected chi connectivity index (χ0v) is 11.1. The van der Waals surface area contributed by atoms with Crippen LogP contribution in [0, 0.1) is 26.7 Å². The number of hydrogen-bond acceptors (Lipinski definition) is 2. The van der Waals surface area contributed by atoms with Gasteiger partial charge in [-0.25, -0.2) is 0 Å². The molecule has 1 aromatic carbocycles. The van der Waals surface area contributed by atoms with Crippen molar-refractivity contribution in [3.05, 3.63) is 34.4 Å². The lowest BCUT2D eigenvalue weighted by atomic mass is 9.83. The molecule has 0 radical (unpaired) electrons. The number of nitrogens with two attached hydrogens (primary N) is 1. The fraction of sp³-hybridized carbons (Fsp3) is 0.600. The Balaban J connectivity index is 2.22. The molecule has 0 aromatic heterocycles. The molecule has 0 aliphatic carbocycles. The van der Waals surface area contributed by atoms with E-state index in [2.05, 4.69) is 32.9 Å². The molecule has 1 aliphatic rings. The average Bonchev–Trinajstić information content (AvgIpc) is 2.18. The Labute approximate surface area is 104 Å². The van der Waals surface area contributed by atoms with Crippen molar-refractivity contribution in [2.45, 2.75) is 33.1 Å². The number of aryl methyl sites for hydroxylation is 3. The predicted octanol–water partition coefficient (Wildman–Crippen LogP) is 2.69. The minimum Gasteiger partial charge on any atom is -0.381 e. The summed E-state index contributed by atoms with van der Waals surface area (Å²) in [4.78, 5) is 0. The third-order valence-corrected chi connectivity index (χ3v) is 3.76. The monoisotopic (exact) mass is 233 g/mol. The molecule has 17 heavy (non-hydrogen) atoms. The van der Waals surface area contributed by atoms with E-state index in [1.165, 1.54) is 28.7 Å². The molecule has 2 heteroatoms. The van der Waals surface area contributed by atoms with Gasteiger partial charge < -0.3 is 10.5 Å². The summed E-state index contributed by atoms with van der Waals surface area (Å²) in [5.41, 5.74) is 11.5. The van der Waals surface area contributed by atoms with Gasteiger partial charge in [-0.05, 0) is 56.3 Å². The Morgan fingerprint density at radius 1 is 1.24 bits per heavy atom. The molecule has 1 heterocycles. The maximum atomic E-state index is 5.97. The zero-order chi connectivity index (χ0) is 12.4. The van der Waals surface area contributed by atoms with Crippen LogP contribution in [0.15, 0.2) is 12.1 Å². The van der Waals surface area contributed by atoms with Crippen LogP contribution in [0.1, 0.15) is 34.6 Å². The van der Waals surface area contributed by atoms with E-state index in [9.17, 15) is 0 Å². The standard InChI is InChI=1S/C15H23NO/c1-10-4-11(2)15(12(3)5-10)14(7-16)6-13-8-17-9-13/h4-5,13-14H,6-9,16H2,1-3H3. The van der Waals surface area contributed by atoms with E-state index in [1.54, 1.807) is 0 Å². The molecule has 2 nitrogen and oxygen atoms in total. The highest BCUT2D eigenvalue weighted by molar-refractivity contribution is 5.40. The van der Waals surface area contributed by atoms with Crippen LogP contribution in [0.3, 0.4) is 0 Å². The van der Waals surface area contributed by atoms with Gasteiger partial charge in [-0.15, -0.1) is 0 Å². The van der Waals surface area contributed by atoms with E-state index in [0.29, 0.717) is 11.8 Å². The Morgan fingerprint density at radius 3 is 2.24 bits per heavy atom. The van der Waals surface area contributed by atoms with Crippen LogP contribution in [-0.2, 0) is 4.74 Å². The quantitative estimate of drug-likeness (QED) is 0.867. The van der Waals surface area contributed by atoms with Gasteiger partial charge in [-0.3, -0.25) is 0 Å². The van der Waals surface area contributed by atoms with Crippen molar-refractivity contribution in [1.29, 1.82) is 0 Å². The Morgan fingerprint density at radius 2 is 1.82 bits per heavy atom. The van der Waals surface area contributed by atoms with Crippen LogP contribution >= 0.6 is 0 Å². The van der Waals surface area contributed by atoms with Gasteiger partial charge in [0.2, 0.25) is 0 Å². The van der Waals surface area contributed by atoms with E-state index < -0.39 is 0 Å². The lowest BCUT2D eigenvalue weighted by molar-refractivity contribution is -0.0382. The molecule has 1 fully saturated rings. The predicted molar refractivity (Wildman–Crippen MR) is 71.4 cm³/mol. The van der Waals surface area contributed by atoms with E-state index in [1.807, 2.05) is 0 Å². The molecule has 0 bridgehead atoms. The molecule has 2 N–H and O–H groups in total. The topological polar surface area (TPSA) is 35.2 Å². The number of rotatable bonds is 4. The van der Waals surface area contributed by atoms with Gasteiger partial charge in [0.15, 0.2) is 0 Å². The Hall–Kier alpha value is -0.860. The molecule has 1 saturated heterocycles. The minimum atomic E-state index is 0.490. The van der Waals surface area contributed by atoms with Crippen molar-refractivity contribution in [2.24, 2.45) is 11.7 Å². The number of hydrogen-bond donors (Lipinski definition) is 1. The van der Waals surface area contributed by atoms with Crippen molar-refractivity contribution in [3.8, 4) is 0 Å². The highest BCUT2D eigenvalue weighted by Gasteiger charge is 2.24. The van der Waals surface area contributed by atoms with E-state index in [4.69, 9.17) is 10.5 Å². The summed E-state index contributed by atoms with van der Waals surface area (Å²) in [7, 11) is 0. The van der Waals surface area contributed by atoms with E-state index >= 15 is 0 Å². The molecule has 0 saturated carbocycles. The van der Waals surface area contributed by atoms with Crippen molar-refractivity contribution < 1.29 is 4.74 Å². The lowest BCUT2D eigenvalue weighted by Gasteiger charge is -2.31. The fourth-order valence-corrected chi connectivity index (χ4v) is 2.99. The van der Waals surface area contributed by atoms with Crippen LogP contribution in [0.4, 0.5) is 0 Å². The normalized spacial score (nSPS) is 17.9. The second kappa shape index (κ2) is 5.19. The van der Waals surface area contributed by atoms with Crippen LogP contribution in [-0.4, -0.2) is 19.8 Å². The smallest absolute Gasteiger partial charge is 0.0516 e. The fourth-order valence-electron chi connectivity index (χ4n) is 2.99. The van der Waals surface area contributed by atoms with Gasteiger partial charge >= 0.3 is 0 Å². The first kappa shape index (κ1) is 12.6. The highest BCUT2D eigenvalue weighted by Crippen LogP contribution is 2.31. The number of ether oxygens (including phenoxy) is 1. The summed E-state index contributed by atoms with van der Waals surface area (Å²) >= 11 is 0. The van der Waals surface area contributed by atoms with Gasteiger partial charge in [-0.2, -0.15) is 0 Å². The van der Waals surface area contributed by atoms with Gasteiger partial charge in [0.1, 0.15) is 0 Å². The van der Waals surface area contributed by atoms with Crippen molar-refractivity contribution >= 4 is 0 Å². The summed E-state index contributed by atoms with van der Waals surface area (Å²) in [6.07, 6.45) is 1.17. The zero-order valence-electron chi connectivity index (χ0n) is 11.1. The van der Waals surface area contributed by atoms with Gasteiger partial charge in [-0.1, -0.05) is 17.7 Å². The summed E-state index contributed by atoms with van der Waals surface area (Å²) < 4.78 is 5.25. The molecule has 94 valence electrons.